The van der Waals surface area contributed by atoms with Crippen molar-refractivity contribution < 1.29 is 13.5 Å². The van der Waals surface area contributed by atoms with Crippen molar-refractivity contribution in [3.8, 4) is 5.75 Å². The number of sulfonamides is 1. The Bertz CT molecular complexity index is 710. The van der Waals surface area contributed by atoms with Crippen molar-refractivity contribution in [1.29, 1.82) is 0 Å². The van der Waals surface area contributed by atoms with Crippen LogP contribution >= 0.6 is 0 Å². The first kappa shape index (κ1) is 11.5. The highest BCUT2D eigenvalue weighted by Crippen LogP contribution is 2.38. The van der Waals surface area contributed by atoms with Crippen molar-refractivity contribution in [3.05, 3.63) is 35.2 Å². The maximum atomic E-state index is 11.4. The third-order valence-corrected chi connectivity index (χ3v) is 3.31. The molecule has 0 saturated carbocycles. The molecule has 0 radical (unpaired) electrons. The van der Waals surface area contributed by atoms with E-state index in [1.807, 2.05) is 0 Å². The first-order valence-electron chi connectivity index (χ1n) is 4.56. The normalized spacial score (nSPS) is 11.6. The maximum Gasteiger partial charge on any atom is 0.238 e. The Morgan fingerprint density at radius 3 is 2.29 bits per heavy atom. The van der Waals surface area contributed by atoms with Crippen LogP contribution in [0.2, 0.25) is 0 Å². The van der Waals surface area contributed by atoms with Gasteiger partial charge in [-0.05, 0) is 11.2 Å². The molecule has 0 unspecified atom stereocenters. The third-order valence-electron chi connectivity index (χ3n) is 2.36. The van der Waals surface area contributed by atoms with E-state index in [1.54, 1.807) is 12.1 Å². The van der Waals surface area contributed by atoms with E-state index in [1.165, 1.54) is 12.1 Å². The summed E-state index contributed by atoms with van der Waals surface area (Å²) in [5.41, 5.74) is -0.354. The second-order valence-corrected chi connectivity index (χ2v) is 4.95. The molecule has 0 heterocycles. The number of nitroso groups, excluding NO2 is 1. The van der Waals surface area contributed by atoms with Crippen LogP contribution in [0.5, 0.6) is 5.75 Å². The summed E-state index contributed by atoms with van der Waals surface area (Å²) in [5.74, 6) is -0.358. The fourth-order valence-electron chi connectivity index (χ4n) is 1.62. The molecule has 17 heavy (non-hydrogen) atoms. The number of nitrogens with zero attached hydrogens (tertiary/aromatic N) is 1. The van der Waals surface area contributed by atoms with Crippen LogP contribution in [-0.2, 0) is 10.0 Å². The molecular formula is C10H8N2O4S. The topological polar surface area (TPSA) is 110 Å². The van der Waals surface area contributed by atoms with Crippen LogP contribution in [-0.4, -0.2) is 13.5 Å². The van der Waals surface area contributed by atoms with E-state index in [-0.39, 0.29) is 27.1 Å². The lowest BCUT2D eigenvalue weighted by atomic mass is 10.1. The van der Waals surface area contributed by atoms with Crippen molar-refractivity contribution in [1.82, 2.24) is 0 Å². The highest BCUT2D eigenvalue weighted by molar-refractivity contribution is 7.89. The Labute approximate surface area is 96.7 Å². The zero-order chi connectivity index (χ0) is 12.6. The molecule has 3 N–H and O–H groups in total. The quantitative estimate of drug-likeness (QED) is 0.790. The van der Waals surface area contributed by atoms with Crippen LogP contribution in [0.25, 0.3) is 10.8 Å². The second kappa shape index (κ2) is 3.79. The lowest BCUT2D eigenvalue weighted by molar-refractivity contribution is 0.483. The molecule has 0 spiro atoms. The zero-order valence-corrected chi connectivity index (χ0v) is 9.31. The second-order valence-electron chi connectivity index (χ2n) is 3.42. The first-order chi connectivity index (χ1) is 7.95. The molecule has 2 rings (SSSR count). The Morgan fingerprint density at radius 1 is 1.18 bits per heavy atom. The molecule has 6 nitrogen and oxygen atoms in total. The van der Waals surface area contributed by atoms with Gasteiger partial charge in [-0.1, -0.05) is 24.3 Å². The SMILES string of the molecule is NS(=O)(=O)c1cc(N=O)c(O)c2ccccc12. The minimum absolute atomic E-state index is 0.216. The number of primary sulfonamides is 1. The minimum atomic E-state index is -3.99. The molecule has 0 saturated heterocycles. The smallest absolute Gasteiger partial charge is 0.238 e. The number of rotatable bonds is 2. The van der Waals surface area contributed by atoms with Crippen molar-refractivity contribution in [2.24, 2.45) is 10.3 Å². The van der Waals surface area contributed by atoms with Crippen LogP contribution < -0.4 is 5.14 Å². The van der Waals surface area contributed by atoms with Crippen molar-refractivity contribution in [2.75, 3.05) is 0 Å². The molecule has 0 aliphatic rings. The average Bonchev–Trinajstić information content (AvgIpc) is 2.28. The van der Waals surface area contributed by atoms with Crippen LogP contribution in [0, 0.1) is 4.91 Å². The summed E-state index contributed by atoms with van der Waals surface area (Å²) in [6, 6.07) is 7.13. The molecule has 88 valence electrons. The molecule has 2 aromatic rings. The van der Waals surface area contributed by atoms with Crippen molar-refractivity contribution in [2.45, 2.75) is 4.90 Å². The Kier molecular flexibility index (Phi) is 2.56. The number of hydrogen-bond acceptors (Lipinski definition) is 5. The van der Waals surface area contributed by atoms with Crippen LogP contribution in [0.3, 0.4) is 0 Å². The Balaban J connectivity index is 3.04. The van der Waals surface area contributed by atoms with Gasteiger partial charge in [-0.3, -0.25) is 0 Å². The predicted octanol–water partition coefficient (Wildman–Crippen LogP) is 1.59. The fourth-order valence-corrected chi connectivity index (χ4v) is 2.38. The fraction of sp³-hybridized carbons (Fsp3) is 0. The van der Waals surface area contributed by atoms with E-state index in [0.717, 1.165) is 6.07 Å². The van der Waals surface area contributed by atoms with Gasteiger partial charge in [0.25, 0.3) is 0 Å². The van der Waals surface area contributed by atoms with Gasteiger partial charge in [0.05, 0.1) is 4.90 Å². The number of benzene rings is 2. The summed E-state index contributed by atoms with van der Waals surface area (Å²) in [5, 5.41) is 17.8. The number of aromatic hydroxyl groups is 1. The lowest BCUT2D eigenvalue weighted by Crippen LogP contribution is -2.12. The van der Waals surface area contributed by atoms with E-state index in [0.29, 0.717) is 0 Å². The number of hydrogen-bond donors (Lipinski definition) is 2. The van der Waals surface area contributed by atoms with Gasteiger partial charge in [0.15, 0.2) is 11.4 Å². The molecule has 2 aromatic carbocycles. The summed E-state index contributed by atoms with van der Waals surface area (Å²) < 4.78 is 22.8. The van der Waals surface area contributed by atoms with Gasteiger partial charge in [0.2, 0.25) is 10.0 Å². The van der Waals surface area contributed by atoms with E-state index in [9.17, 15) is 18.4 Å². The van der Waals surface area contributed by atoms with E-state index >= 15 is 0 Å². The monoisotopic (exact) mass is 252 g/mol. The van der Waals surface area contributed by atoms with E-state index < -0.39 is 10.0 Å². The molecule has 0 aliphatic heterocycles. The molecule has 0 fully saturated rings. The van der Waals surface area contributed by atoms with Gasteiger partial charge in [-0.2, -0.15) is 0 Å². The van der Waals surface area contributed by atoms with Crippen molar-refractivity contribution in [3.63, 3.8) is 0 Å². The first-order valence-corrected chi connectivity index (χ1v) is 6.10. The van der Waals surface area contributed by atoms with Crippen LogP contribution in [0.15, 0.2) is 40.4 Å². The standard InChI is InChI=1S/C10H8N2O4S/c11-17(15,16)9-5-8(12-14)10(13)7-4-2-1-3-6(7)9/h1-5,13H,(H2,11,15,16). The minimum Gasteiger partial charge on any atom is -0.505 e. The average molecular weight is 252 g/mol. The summed E-state index contributed by atoms with van der Waals surface area (Å²) in [6.07, 6.45) is 0. The van der Waals surface area contributed by atoms with Gasteiger partial charge in [0.1, 0.15) is 0 Å². The third kappa shape index (κ3) is 1.85. The summed E-state index contributed by atoms with van der Waals surface area (Å²) in [4.78, 5) is 10.3. The molecule has 0 aromatic heterocycles. The van der Waals surface area contributed by atoms with Gasteiger partial charge < -0.3 is 5.11 Å². The molecule has 0 atom stereocenters. The molecule has 0 amide bonds. The number of phenolic OH excluding ortho intramolecular Hbond substituents is 1. The molecule has 0 aliphatic carbocycles. The number of nitrogens with two attached hydrogens (primary N) is 1. The van der Waals surface area contributed by atoms with Crippen LogP contribution in [0.1, 0.15) is 0 Å². The predicted molar refractivity (Wildman–Crippen MR) is 62.4 cm³/mol. The molecular weight excluding hydrogens is 244 g/mol. The summed E-state index contributed by atoms with van der Waals surface area (Å²) in [6.45, 7) is 0. The van der Waals surface area contributed by atoms with E-state index in [4.69, 9.17) is 5.14 Å². The Hall–Kier alpha value is -1.99. The molecule has 7 heteroatoms. The number of fused-ring (bicyclic) bond motifs is 1. The largest absolute Gasteiger partial charge is 0.505 e. The number of phenols is 1. The zero-order valence-electron chi connectivity index (χ0n) is 8.49. The van der Waals surface area contributed by atoms with Gasteiger partial charge >= 0.3 is 0 Å². The Morgan fingerprint density at radius 2 is 1.76 bits per heavy atom. The van der Waals surface area contributed by atoms with Crippen molar-refractivity contribution >= 4 is 26.5 Å². The van der Waals surface area contributed by atoms with Crippen LogP contribution in [0.4, 0.5) is 5.69 Å². The van der Waals surface area contributed by atoms with Gasteiger partial charge in [-0.15, -0.1) is 4.91 Å². The lowest BCUT2D eigenvalue weighted by Gasteiger charge is -2.07. The summed E-state index contributed by atoms with van der Waals surface area (Å²) >= 11 is 0. The highest BCUT2D eigenvalue weighted by atomic mass is 32.2. The highest BCUT2D eigenvalue weighted by Gasteiger charge is 2.18. The maximum absolute atomic E-state index is 11.4. The van der Waals surface area contributed by atoms with Gasteiger partial charge in [0, 0.05) is 10.8 Å². The molecule has 0 bridgehead atoms. The van der Waals surface area contributed by atoms with E-state index in [2.05, 4.69) is 5.18 Å². The summed E-state index contributed by atoms with van der Waals surface area (Å²) in [7, 11) is -3.99. The van der Waals surface area contributed by atoms with Gasteiger partial charge in [-0.25, -0.2) is 13.6 Å².